The molecule has 0 bridgehead atoms. The van der Waals surface area contributed by atoms with Crippen molar-refractivity contribution in [2.45, 2.75) is 12.5 Å². The third-order valence-corrected chi connectivity index (χ3v) is 3.23. The van der Waals surface area contributed by atoms with Gasteiger partial charge < -0.3 is 10.4 Å². The number of carbonyl (C=O) groups excluding carboxylic acids is 1. The maximum atomic E-state index is 13.7. The quantitative estimate of drug-likeness (QED) is 0.832. The first-order valence-electron chi connectivity index (χ1n) is 6.92. The highest BCUT2D eigenvalue weighted by atomic mass is 19.1. The fourth-order valence-electron chi connectivity index (χ4n) is 1.99. The van der Waals surface area contributed by atoms with Crippen molar-refractivity contribution >= 4 is 12.0 Å². The summed E-state index contributed by atoms with van der Waals surface area (Å²) in [5.41, 5.74) is -0.996. The van der Waals surface area contributed by atoms with Crippen LogP contribution in [-0.4, -0.2) is 22.5 Å². The number of nitrogens with one attached hydrogen (secondary N) is 1. The number of aliphatic hydroxyl groups is 1. The van der Waals surface area contributed by atoms with E-state index in [1.807, 2.05) is 0 Å². The fraction of sp³-hybridized carbons (Fsp3) is 0.176. The van der Waals surface area contributed by atoms with Crippen molar-refractivity contribution in [2.24, 2.45) is 0 Å². The van der Waals surface area contributed by atoms with Crippen LogP contribution in [0.4, 0.5) is 8.78 Å². The van der Waals surface area contributed by atoms with Crippen LogP contribution >= 0.6 is 0 Å². The summed E-state index contributed by atoms with van der Waals surface area (Å²) >= 11 is 0. The van der Waals surface area contributed by atoms with Crippen LogP contribution in [0.3, 0.4) is 0 Å². The van der Waals surface area contributed by atoms with Crippen molar-refractivity contribution in [3.8, 4) is 0 Å². The molecule has 2 N–H and O–H groups in total. The van der Waals surface area contributed by atoms with Gasteiger partial charge in [0.1, 0.15) is 17.2 Å². The third-order valence-electron chi connectivity index (χ3n) is 3.23. The smallest absolute Gasteiger partial charge is 0.244 e. The summed E-state index contributed by atoms with van der Waals surface area (Å²) in [6.45, 7) is 1.13. The van der Waals surface area contributed by atoms with Crippen molar-refractivity contribution in [1.29, 1.82) is 0 Å². The van der Waals surface area contributed by atoms with Gasteiger partial charge in [-0.3, -0.25) is 9.78 Å². The average molecular weight is 318 g/mol. The molecular formula is C17H16F2N2O2. The molecule has 23 heavy (non-hydrogen) atoms. The number of hydrogen-bond donors (Lipinski definition) is 2. The lowest BCUT2D eigenvalue weighted by molar-refractivity contribution is -0.117. The molecule has 1 aromatic heterocycles. The lowest BCUT2D eigenvalue weighted by Gasteiger charge is -2.24. The molecule has 1 unspecified atom stereocenters. The molecule has 1 aromatic carbocycles. The number of amides is 1. The number of nitrogens with zero attached hydrogens (tertiary/aromatic N) is 1. The van der Waals surface area contributed by atoms with Gasteiger partial charge >= 0.3 is 0 Å². The SMILES string of the molecule is CC(O)(CNC(=O)/C=C/c1cccnc1)c1ccc(F)cc1F. The van der Waals surface area contributed by atoms with E-state index in [9.17, 15) is 18.7 Å². The van der Waals surface area contributed by atoms with E-state index < -0.39 is 23.1 Å². The zero-order valence-electron chi connectivity index (χ0n) is 12.5. The minimum Gasteiger partial charge on any atom is -0.383 e. The highest BCUT2D eigenvalue weighted by Crippen LogP contribution is 2.23. The highest BCUT2D eigenvalue weighted by molar-refractivity contribution is 5.91. The van der Waals surface area contributed by atoms with Gasteiger partial charge in [-0.25, -0.2) is 8.78 Å². The zero-order chi connectivity index (χ0) is 16.9. The summed E-state index contributed by atoms with van der Waals surface area (Å²) in [5.74, 6) is -2.04. The normalized spacial score (nSPS) is 13.7. The number of pyridine rings is 1. The second-order valence-electron chi connectivity index (χ2n) is 5.24. The monoisotopic (exact) mass is 318 g/mol. The molecule has 6 heteroatoms. The molecule has 120 valence electrons. The Kier molecular flexibility index (Phi) is 5.18. The van der Waals surface area contributed by atoms with Gasteiger partial charge in [-0.1, -0.05) is 12.1 Å². The number of hydrogen-bond acceptors (Lipinski definition) is 3. The molecule has 4 nitrogen and oxygen atoms in total. The Morgan fingerprint density at radius 2 is 2.17 bits per heavy atom. The van der Waals surface area contributed by atoms with E-state index >= 15 is 0 Å². The first-order valence-corrected chi connectivity index (χ1v) is 6.92. The Labute approximate surface area is 132 Å². The summed E-state index contributed by atoms with van der Waals surface area (Å²) < 4.78 is 26.6. The van der Waals surface area contributed by atoms with E-state index in [2.05, 4.69) is 10.3 Å². The lowest BCUT2D eigenvalue weighted by atomic mass is 9.95. The van der Waals surface area contributed by atoms with Crippen LogP contribution in [0.1, 0.15) is 18.1 Å². The van der Waals surface area contributed by atoms with E-state index in [0.717, 1.165) is 17.7 Å². The predicted octanol–water partition coefficient (Wildman–Crippen LogP) is 2.40. The van der Waals surface area contributed by atoms with Crippen molar-refractivity contribution in [3.63, 3.8) is 0 Å². The maximum absolute atomic E-state index is 13.7. The van der Waals surface area contributed by atoms with Gasteiger partial charge in [0.2, 0.25) is 5.91 Å². The second-order valence-corrected chi connectivity index (χ2v) is 5.24. The molecule has 0 aliphatic rings. The summed E-state index contributed by atoms with van der Waals surface area (Å²) in [6.07, 6.45) is 6.06. The van der Waals surface area contributed by atoms with Crippen LogP contribution in [0, 0.1) is 11.6 Å². The summed E-state index contributed by atoms with van der Waals surface area (Å²) in [5, 5.41) is 12.8. The van der Waals surface area contributed by atoms with Gasteiger partial charge in [0.15, 0.2) is 0 Å². The van der Waals surface area contributed by atoms with E-state index in [1.165, 1.54) is 13.0 Å². The molecule has 1 amide bonds. The first-order chi connectivity index (χ1) is 10.9. The van der Waals surface area contributed by atoms with Crippen LogP contribution in [-0.2, 0) is 10.4 Å². The van der Waals surface area contributed by atoms with E-state index in [4.69, 9.17) is 0 Å². The van der Waals surface area contributed by atoms with Crippen LogP contribution in [0.2, 0.25) is 0 Å². The number of halogens is 2. The van der Waals surface area contributed by atoms with Gasteiger partial charge in [-0.15, -0.1) is 0 Å². The zero-order valence-corrected chi connectivity index (χ0v) is 12.5. The third kappa shape index (κ3) is 4.69. The van der Waals surface area contributed by atoms with Gasteiger partial charge in [0.25, 0.3) is 0 Å². The van der Waals surface area contributed by atoms with Gasteiger partial charge in [-0.2, -0.15) is 0 Å². The van der Waals surface area contributed by atoms with Gasteiger partial charge in [0, 0.05) is 30.1 Å². The molecule has 0 radical (unpaired) electrons. The molecule has 0 saturated heterocycles. The van der Waals surface area contributed by atoms with Gasteiger partial charge in [-0.05, 0) is 30.7 Å². The standard InChI is InChI=1S/C17H16F2N2O2/c1-17(23,14-6-5-13(18)9-15(14)19)11-21-16(22)7-4-12-3-2-8-20-10-12/h2-10,23H,11H2,1H3,(H,21,22)/b7-4+. The minimum absolute atomic E-state index is 0.0876. The van der Waals surface area contributed by atoms with Crippen molar-refractivity contribution in [1.82, 2.24) is 10.3 Å². The van der Waals surface area contributed by atoms with Crippen LogP contribution in [0.25, 0.3) is 6.08 Å². The second kappa shape index (κ2) is 7.11. The Hall–Kier alpha value is -2.60. The Morgan fingerprint density at radius 3 is 2.83 bits per heavy atom. The number of benzene rings is 1. The first kappa shape index (κ1) is 16.8. The molecule has 1 atom stereocenters. The Morgan fingerprint density at radius 1 is 1.39 bits per heavy atom. The molecule has 0 aliphatic heterocycles. The molecule has 2 aromatic rings. The van der Waals surface area contributed by atoms with Crippen LogP contribution in [0.15, 0.2) is 48.8 Å². The van der Waals surface area contributed by atoms with Crippen molar-refractivity contribution < 1.29 is 18.7 Å². The minimum atomic E-state index is -1.66. The van der Waals surface area contributed by atoms with Gasteiger partial charge in [0.05, 0.1) is 6.54 Å². The summed E-state index contributed by atoms with van der Waals surface area (Å²) in [7, 11) is 0. The van der Waals surface area contributed by atoms with Crippen LogP contribution in [0.5, 0.6) is 0 Å². The van der Waals surface area contributed by atoms with E-state index in [1.54, 1.807) is 30.6 Å². The molecule has 0 spiro atoms. The van der Waals surface area contributed by atoms with Crippen molar-refractivity contribution in [2.75, 3.05) is 6.54 Å². The maximum Gasteiger partial charge on any atom is 0.244 e. The molecule has 0 fully saturated rings. The summed E-state index contributed by atoms with van der Waals surface area (Å²) in [4.78, 5) is 15.7. The molecule has 2 rings (SSSR count). The molecule has 0 saturated carbocycles. The predicted molar refractivity (Wildman–Crippen MR) is 82.2 cm³/mol. The number of rotatable bonds is 5. The van der Waals surface area contributed by atoms with Crippen LogP contribution < -0.4 is 5.32 Å². The van der Waals surface area contributed by atoms with E-state index in [0.29, 0.717) is 6.07 Å². The Bertz CT molecular complexity index is 716. The molecule has 0 aliphatic carbocycles. The number of aromatic nitrogens is 1. The Balaban J connectivity index is 1.98. The van der Waals surface area contributed by atoms with Crippen molar-refractivity contribution in [3.05, 3.63) is 71.6 Å². The fourth-order valence-corrected chi connectivity index (χ4v) is 1.99. The van der Waals surface area contributed by atoms with E-state index in [-0.39, 0.29) is 12.1 Å². The average Bonchev–Trinajstić information content (AvgIpc) is 2.51. The topological polar surface area (TPSA) is 62.2 Å². The molecule has 1 heterocycles. The number of carbonyl (C=O) groups is 1. The lowest BCUT2D eigenvalue weighted by Crippen LogP contribution is -2.38. The highest BCUT2D eigenvalue weighted by Gasteiger charge is 2.27. The summed E-state index contributed by atoms with van der Waals surface area (Å²) in [6, 6.07) is 6.41. The molecular weight excluding hydrogens is 302 g/mol. The largest absolute Gasteiger partial charge is 0.383 e.